The number of carbonyl (C=O) groups is 2. The molecule has 6 nitrogen and oxygen atoms in total. The zero-order valence-corrected chi connectivity index (χ0v) is 13.2. The first-order valence-corrected chi connectivity index (χ1v) is 7.44. The van der Waals surface area contributed by atoms with Gasteiger partial charge < -0.3 is 20.1 Å². The zero-order chi connectivity index (χ0) is 16.2. The molecule has 0 saturated heterocycles. The molecule has 122 valence electrons. The van der Waals surface area contributed by atoms with Crippen molar-refractivity contribution in [1.29, 1.82) is 0 Å². The summed E-state index contributed by atoms with van der Waals surface area (Å²) in [4.78, 5) is 23.2. The Kier molecular flexibility index (Phi) is 8.67. The number of nitrogens with one attached hydrogen (secondary N) is 2. The third-order valence-corrected chi connectivity index (χ3v) is 2.86. The maximum atomic E-state index is 11.6. The highest BCUT2D eigenvalue weighted by molar-refractivity contribution is 5.90. The number of hydrogen-bond acceptors (Lipinski definition) is 5. The van der Waals surface area contributed by atoms with Crippen molar-refractivity contribution >= 4 is 17.6 Å². The summed E-state index contributed by atoms with van der Waals surface area (Å²) in [5, 5.41) is 5.78. The van der Waals surface area contributed by atoms with Crippen LogP contribution in [-0.2, 0) is 14.3 Å². The van der Waals surface area contributed by atoms with Crippen LogP contribution in [0.5, 0.6) is 0 Å². The monoisotopic (exact) mass is 308 g/mol. The number of esters is 1. The SMILES string of the molecule is CCCOC(=O)c1ccc(NCC(=O)NCCCOC)cc1. The first-order chi connectivity index (χ1) is 10.7. The predicted octanol–water partition coefficient (Wildman–Crippen LogP) is 1.82. The van der Waals surface area contributed by atoms with Gasteiger partial charge >= 0.3 is 5.97 Å². The molecule has 0 aliphatic rings. The number of carbonyl (C=O) groups excluding carboxylic acids is 2. The second-order valence-corrected chi connectivity index (χ2v) is 4.76. The van der Waals surface area contributed by atoms with E-state index in [0.29, 0.717) is 25.3 Å². The summed E-state index contributed by atoms with van der Waals surface area (Å²) in [6.45, 7) is 3.77. The minimum absolute atomic E-state index is 0.0810. The molecule has 0 aliphatic carbocycles. The van der Waals surface area contributed by atoms with Crippen molar-refractivity contribution in [3.05, 3.63) is 29.8 Å². The first-order valence-electron chi connectivity index (χ1n) is 7.44. The quantitative estimate of drug-likeness (QED) is 0.509. The largest absolute Gasteiger partial charge is 0.462 e. The third-order valence-electron chi connectivity index (χ3n) is 2.86. The lowest BCUT2D eigenvalue weighted by atomic mass is 10.2. The molecule has 0 fully saturated rings. The molecule has 0 radical (unpaired) electrons. The van der Waals surface area contributed by atoms with E-state index in [1.54, 1.807) is 31.4 Å². The van der Waals surface area contributed by atoms with Gasteiger partial charge in [0.05, 0.1) is 18.7 Å². The molecule has 1 aromatic rings. The Morgan fingerprint density at radius 2 is 1.86 bits per heavy atom. The van der Waals surface area contributed by atoms with Gasteiger partial charge in [-0.2, -0.15) is 0 Å². The maximum absolute atomic E-state index is 11.6. The van der Waals surface area contributed by atoms with E-state index < -0.39 is 0 Å². The third kappa shape index (κ3) is 7.08. The molecule has 1 amide bonds. The molecule has 0 unspecified atom stereocenters. The number of benzene rings is 1. The van der Waals surface area contributed by atoms with Crippen molar-refractivity contribution in [2.75, 3.05) is 38.7 Å². The molecule has 0 heterocycles. The molecular weight excluding hydrogens is 284 g/mol. The van der Waals surface area contributed by atoms with Crippen molar-refractivity contribution in [2.45, 2.75) is 19.8 Å². The molecule has 0 aromatic heterocycles. The lowest BCUT2D eigenvalue weighted by Gasteiger charge is -2.08. The van der Waals surface area contributed by atoms with Gasteiger partial charge in [-0.25, -0.2) is 4.79 Å². The number of amides is 1. The molecule has 0 atom stereocenters. The van der Waals surface area contributed by atoms with E-state index in [1.807, 2.05) is 6.92 Å². The van der Waals surface area contributed by atoms with E-state index in [1.165, 1.54) is 0 Å². The van der Waals surface area contributed by atoms with E-state index in [9.17, 15) is 9.59 Å². The van der Waals surface area contributed by atoms with Gasteiger partial charge in [0.15, 0.2) is 0 Å². The Bertz CT molecular complexity index is 460. The molecule has 1 rings (SSSR count). The van der Waals surface area contributed by atoms with Crippen LogP contribution in [0.3, 0.4) is 0 Å². The van der Waals surface area contributed by atoms with Crippen LogP contribution in [0.15, 0.2) is 24.3 Å². The van der Waals surface area contributed by atoms with Gasteiger partial charge in [0.2, 0.25) is 5.91 Å². The van der Waals surface area contributed by atoms with Crippen molar-refractivity contribution < 1.29 is 19.1 Å². The zero-order valence-electron chi connectivity index (χ0n) is 13.2. The van der Waals surface area contributed by atoms with Crippen LogP contribution in [0, 0.1) is 0 Å². The van der Waals surface area contributed by atoms with E-state index in [0.717, 1.165) is 18.5 Å². The fourth-order valence-corrected chi connectivity index (χ4v) is 1.69. The number of methoxy groups -OCH3 is 1. The van der Waals surface area contributed by atoms with E-state index in [2.05, 4.69) is 10.6 Å². The van der Waals surface area contributed by atoms with Gasteiger partial charge in [-0.1, -0.05) is 6.92 Å². The molecule has 0 saturated carbocycles. The van der Waals surface area contributed by atoms with Gasteiger partial charge in [-0.05, 0) is 37.1 Å². The Morgan fingerprint density at radius 3 is 2.50 bits per heavy atom. The number of anilines is 1. The van der Waals surface area contributed by atoms with E-state index in [-0.39, 0.29) is 18.4 Å². The minimum atomic E-state index is -0.329. The van der Waals surface area contributed by atoms with Crippen molar-refractivity contribution in [3.63, 3.8) is 0 Å². The second kappa shape index (κ2) is 10.6. The Balaban J connectivity index is 2.32. The van der Waals surface area contributed by atoms with Crippen LogP contribution in [-0.4, -0.2) is 45.3 Å². The Hall–Kier alpha value is -2.08. The normalized spacial score (nSPS) is 10.1. The highest BCUT2D eigenvalue weighted by atomic mass is 16.5. The van der Waals surface area contributed by atoms with Gasteiger partial charge in [0, 0.05) is 25.9 Å². The smallest absolute Gasteiger partial charge is 0.338 e. The van der Waals surface area contributed by atoms with Crippen molar-refractivity contribution in [1.82, 2.24) is 5.32 Å². The van der Waals surface area contributed by atoms with E-state index >= 15 is 0 Å². The maximum Gasteiger partial charge on any atom is 0.338 e. The summed E-state index contributed by atoms with van der Waals surface area (Å²) < 4.78 is 9.95. The summed E-state index contributed by atoms with van der Waals surface area (Å²) in [6.07, 6.45) is 1.59. The Labute approximate surface area is 131 Å². The summed E-state index contributed by atoms with van der Waals surface area (Å²) in [5.41, 5.74) is 1.28. The summed E-state index contributed by atoms with van der Waals surface area (Å²) in [5.74, 6) is -0.410. The van der Waals surface area contributed by atoms with Crippen LogP contribution in [0.2, 0.25) is 0 Å². The van der Waals surface area contributed by atoms with Gasteiger partial charge in [0.1, 0.15) is 0 Å². The molecule has 1 aromatic carbocycles. The summed E-state index contributed by atoms with van der Waals surface area (Å²) >= 11 is 0. The minimum Gasteiger partial charge on any atom is -0.462 e. The molecular formula is C16H24N2O4. The molecule has 0 aliphatic heterocycles. The average molecular weight is 308 g/mol. The molecule has 0 bridgehead atoms. The van der Waals surface area contributed by atoms with Crippen LogP contribution >= 0.6 is 0 Å². The summed E-state index contributed by atoms with van der Waals surface area (Å²) in [7, 11) is 1.63. The van der Waals surface area contributed by atoms with Gasteiger partial charge in [0.25, 0.3) is 0 Å². The summed E-state index contributed by atoms with van der Waals surface area (Å²) in [6, 6.07) is 6.86. The topological polar surface area (TPSA) is 76.7 Å². The second-order valence-electron chi connectivity index (χ2n) is 4.76. The standard InChI is InChI=1S/C16H24N2O4/c1-3-10-22-16(20)13-5-7-14(8-6-13)18-12-15(19)17-9-4-11-21-2/h5-8,18H,3-4,9-12H2,1-2H3,(H,17,19). The highest BCUT2D eigenvalue weighted by Crippen LogP contribution is 2.10. The molecule has 2 N–H and O–H groups in total. The average Bonchev–Trinajstić information content (AvgIpc) is 2.55. The van der Waals surface area contributed by atoms with Crippen LogP contribution in [0.4, 0.5) is 5.69 Å². The van der Waals surface area contributed by atoms with Gasteiger partial charge in [-0.15, -0.1) is 0 Å². The fraction of sp³-hybridized carbons (Fsp3) is 0.500. The fourth-order valence-electron chi connectivity index (χ4n) is 1.69. The number of rotatable bonds is 10. The number of hydrogen-bond donors (Lipinski definition) is 2. The lowest BCUT2D eigenvalue weighted by molar-refractivity contribution is -0.119. The molecule has 22 heavy (non-hydrogen) atoms. The van der Waals surface area contributed by atoms with Crippen molar-refractivity contribution in [2.24, 2.45) is 0 Å². The first kappa shape index (κ1) is 18.0. The van der Waals surface area contributed by atoms with Crippen LogP contribution < -0.4 is 10.6 Å². The molecule has 6 heteroatoms. The van der Waals surface area contributed by atoms with E-state index in [4.69, 9.17) is 9.47 Å². The highest BCUT2D eigenvalue weighted by Gasteiger charge is 2.06. The van der Waals surface area contributed by atoms with Crippen LogP contribution in [0.1, 0.15) is 30.1 Å². The van der Waals surface area contributed by atoms with Crippen molar-refractivity contribution in [3.8, 4) is 0 Å². The Morgan fingerprint density at radius 1 is 1.14 bits per heavy atom. The van der Waals surface area contributed by atoms with Gasteiger partial charge in [-0.3, -0.25) is 4.79 Å². The number of ether oxygens (including phenoxy) is 2. The predicted molar refractivity (Wildman–Crippen MR) is 85.0 cm³/mol. The van der Waals surface area contributed by atoms with Crippen LogP contribution in [0.25, 0.3) is 0 Å². The molecule has 0 spiro atoms. The lowest BCUT2D eigenvalue weighted by Crippen LogP contribution is -2.31.